The van der Waals surface area contributed by atoms with Gasteiger partial charge in [-0.15, -0.1) is 0 Å². The maximum absolute atomic E-state index is 4.28. The van der Waals surface area contributed by atoms with Gasteiger partial charge in [-0.05, 0) is 71.7 Å². The zero-order chi connectivity index (χ0) is 20.7. The summed E-state index contributed by atoms with van der Waals surface area (Å²) in [6, 6.07) is 17.9. The maximum Gasteiger partial charge on any atom is 0.220 e. The highest BCUT2D eigenvalue weighted by molar-refractivity contribution is 5.96. The summed E-state index contributed by atoms with van der Waals surface area (Å²) in [4.78, 5) is 4.28. The molecule has 0 aliphatic heterocycles. The highest BCUT2D eigenvalue weighted by Crippen LogP contribution is 2.34. The first kappa shape index (κ1) is 19.3. The molecule has 2 aromatic carbocycles. The first-order valence-electron chi connectivity index (χ1n) is 10.3. The van der Waals surface area contributed by atoms with E-state index in [1.165, 1.54) is 50.0 Å². The lowest BCUT2D eigenvalue weighted by Crippen LogP contribution is -2.35. The SMILES string of the molecule is Cc1cc(C(C)C)cc(-c2c3ccc(-c4cccnc4)cc3cc(C)[n+]2C)c1C. The minimum Gasteiger partial charge on any atom is -0.264 e. The topological polar surface area (TPSA) is 16.8 Å². The van der Waals surface area contributed by atoms with E-state index in [0.717, 1.165) is 5.56 Å². The number of pyridine rings is 2. The van der Waals surface area contributed by atoms with Crippen molar-refractivity contribution in [2.75, 3.05) is 0 Å². The van der Waals surface area contributed by atoms with E-state index in [0.29, 0.717) is 5.92 Å². The quantitative estimate of drug-likeness (QED) is 0.373. The fourth-order valence-corrected chi connectivity index (χ4v) is 4.08. The molecule has 0 fully saturated rings. The van der Waals surface area contributed by atoms with Crippen LogP contribution in [-0.2, 0) is 7.05 Å². The smallest absolute Gasteiger partial charge is 0.220 e. The Hall–Kier alpha value is -3.00. The summed E-state index contributed by atoms with van der Waals surface area (Å²) in [6.07, 6.45) is 3.75. The molecule has 0 saturated carbocycles. The molecule has 0 amide bonds. The van der Waals surface area contributed by atoms with Gasteiger partial charge in [-0.25, -0.2) is 0 Å². The zero-order valence-electron chi connectivity index (χ0n) is 18.2. The Balaban J connectivity index is 2.02. The molecule has 0 bridgehead atoms. The molecule has 0 radical (unpaired) electrons. The summed E-state index contributed by atoms with van der Waals surface area (Å²) in [5.74, 6) is 0.506. The van der Waals surface area contributed by atoms with Crippen LogP contribution in [-0.4, -0.2) is 4.98 Å². The van der Waals surface area contributed by atoms with Crippen molar-refractivity contribution in [3.05, 3.63) is 83.3 Å². The normalized spacial score (nSPS) is 11.4. The van der Waals surface area contributed by atoms with Crippen molar-refractivity contribution in [2.45, 2.75) is 40.5 Å². The van der Waals surface area contributed by atoms with Crippen molar-refractivity contribution < 1.29 is 4.57 Å². The number of aromatic nitrogens is 2. The second-order valence-corrected chi connectivity index (χ2v) is 8.40. The van der Waals surface area contributed by atoms with Gasteiger partial charge in [0, 0.05) is 30.9 Å². The lowest BCUT2D eigenvalue weighted by atomic mass is 9.90. The summed E-state index contributed by atoms with van der Waals surface area (Å²) in [5.41, 5.74) is 10.3. The molecule has 0 aliphatic rings. The number of hydrogen-bond acceptors (Lipinski definition) is 1. The summed E-state index contributed by atoms with van der Waals surface area (Å²) >= 11 is 0. The van der Waals surface area contributed by atoms with Crippen LogP contribution in [0.15, 0.2) is 60.9 Å². The van der Waals surface area contributed by atoms with E-state index in [9.17, 15) is 0 Å². The number of nitrogens with zero attached hydrogens (tertiary/aromatic N) is 2. The third kappa shape index (κ3) is 3.44. The molecule has 0 aliphatic carbocycles. The second-order valence-electron chi connectivity index (χ2n) is 8.40. The van der Waals surface area contributed by atoms with Crippen molar-refractivity contribution in [3.8, 4) is 22.4 Å². The molecule has 0 N–H and O–H groups in total. The fourth-order valence-electron chi connectivity index (χ4n) is 4.08. The predicted molar refractivity (Wildman–Crippen MR) is 122 cm³/mol. The molecule has 2 heterocycles. The van der Waals surface area contributed by atoms with Gasteiger partial charge in [-0.3, -0.25) is 4.98 Å². The van der Waals surface area contributed by atoms with E-state index in [1.54, 1.807) is 0 Å². The maximum atomic E-state index is 4.28. The largest absolute Gasteiger partial charge is 0.264 e. The zero-order valence-corrected chi connectivity index (χ0v) is 18.2. The lowest BCUT2D eigenvalue weighted by Gasteiger charge is -2.16. The molecule has 2 nitrogen and oxygen atoms in total. The molecule has 2 aromatic heterocycles. The van der Waals surface area contributed by atoms with Crippen molar-refractivity contribution in [3.63, 3.8) is 0 Å². The van der Waals surface area contributed by atoms with E-state index in [-0.39, 0.29) is 0 Å². The van der Waals surface area contributed by atoms with Crippen molar-refractivity contribution in [1.82, 2.24) is 4.98 Å². The van der Waals surface area contributed by atoms with Crippen LogP contribution in [0.2, 0.25) is 0 Å². The Morgan fingerprint density at radius 2 is 1.69 bits per heavy atom. The van der Waals surface area contributed by atoms with Gasteiger partial charge >= 0.3 is 0 Å². The Morgan fingerprint density at radius 3 is 2.38 bits per heavy atom. The summed E-state index contributed by atoms with van der Waals surface area (Å²) in [7, 11) is 2.18. The number of fused-ring (bicyclic) bond motifs is 1. The first-order valence-corrected chi connectivity index (χ1v) is 10.3. The van der Waals surface area contributed by atoms with Crippen LogP contribution < -0.4 is 4.57 Å². The van der Waals surface area contributed by atoms with Gasteiger partial charge in [0.05, 0.1) is 10.9 Å². The van der Waals surface area contributed by atoms with E-state index in [4.69, 9.17) is 0 Å². The van der Waals surface area contributed by atoms with Crippen LogP contribution in [0.25, 0.3) is 33.2 Å². The van der Waals surface area contributed by atoms with Gasteiger partial charge in [0.25, 0.3) is 0 Å². The number of hydrogen-bond donors (Lipinski definition) is 0. The minimum absolute atomic E-state index is 0.506. The van der Waals surface area contributed by atoms with E-state index in [1.807, 2.05) is 18.5 Å². The minimum atomic E-state index is 0.506. The van der Waals surface area contributed by atoms with Gasteiger partial charge < -0.3 is 0 Å². The van der Waals surface area contributed by atoms with Gasteiger partial charge in [-0.1, -0.05) is 32.0 Å². The van der Waals surface area contributed by atoms with Crippen LogP contribution in [0.3, 0.4) is 0 Å². The number of benzene rings is 2. The van der Waals surface area contributed by atoms with Gasteiger partial charge in [0.2, 0.25) is 5.69 Å². The van der Waals surface area contributed by atoms with Crippen molar-refractivity contribution >= 4 is 10.8 Å². The molecular formula is C27H29N2+. The number of aryl methyl sites for hydroxylation is 2. The third-order valence-electron chi connectivity index (χ3n) is 6.14. The first-order chi connectivity index (χ1) is 13.9. The average molecular weight is 382 g/mol. The molecule has 0 saturated heterocycles. The van der Waals surface area contributed by atoms with Gasteiger partial charge in [0.15, 0.2) is 5.69 Å². The number of rotatable bonds is 3. The molecule has 146 valence electrons. The van der Waals surface area contributed by atoms with E-state index in [2.05, 4.69) is 93.7 Å². The van der Waals surface area contributed by atoms with Gasteiger partial charge in [-0.2, -0.15) is 4.57 Å². The standard InChI is InChI=1S/C27H29N2/c1-17(2)23-12-18(3)20(5)26(15-23)27-25-10-9-21(22-8-7-11-28-16-22)14-24(25)13-19(4)29(27)6/h7-17H,1-6H3/q+1. The highest BCUT2D eigenvalue weighted by Gasteiger charge is 2.21. The lowest BCUT2D eigenvalue weighted by molar-refractivity contribution is -0.665. The summed E-state index contributed by atoms with van der Waals surface area (Å²) < 4.78 is 2.33. The molecule has 0 atom stereocenters. The van der Waals surface area contributed by atoms with Crippen LogP contribution in [0.5, 0.6) is 0 Å². The van der Waals surface area contributed by atoms with Crippen LogP contribution in [0.1, 0.15) is 42.1 Å². The van der Waals surface area contributed by atoms with Gasteiger partial charge in [0.1, 0.15) is 7.05 Å². The summed E-state index contributed by atoms with van der Waals surface area (Å²) in [6.45, 7) is 11.2. The highest BCUT2D eigenvalue weighted by atomic mass is 14.9. The van der Waals surface area contributed by atoms with Crippen molar-refractivity contribution in [2.24, 2.45) is 7.05 Å². The Bertz CT molecular complexity index is 1200. The van der Waals surface area contributed by atoms with E-state index < -0.39 is 0 Å². The van der Waals surface area contributed by atoms with Crippen molar-refractivity contribution in [1.29, 1.82) is 0 Å². The summed E-state index contributed by atoms with van der Waals surface area (Å²) in [5, 5.41) is 2.55. The third-order valence-corrected chi connectivity index (χ3v) is 6.14. The molecule has 0 spiro atoms. The van der Waals surface area contributed by atoms with Crippen LogP contribution in [0, 0.1) is 20.8 Å². The average Bonchev–Trinajstić information content (AvgIpc) is 2.71. The fraction of sp³-hybridized carbons (Fsp3) is 0.259. The van der Waals surface area contributed by atoms with E-state index >= 15 is 0 Å². The van der Waals surface area contributed by atoms with Crippen LogP contribution >= 0.6 is 0 Å². The molecule has 2 heteroatoms. The molecular weight excluding hydrogens is 352 g/mol. The van der Waals surface area contributed by atoms with Crippen LogP contribution in [0.4, 0.5) is 0 Å². The molecule has 29 heavy (non-hydrogen) atoms. The Morgan fingerprint density at radius 1 is 0.897 bits per heavy atom. The molecule has 4 aromatic rings. The second kappa shape index (κ2) is 7.44. The Labute approximate surface area is 173 Å². The molecule has 0 unspecified atom stereocenters. The predicted octanol–water partition coefficient (Wildman–Crippen LogP) is 6.44. The Kier molecular flexibility index (Phi) is 4.96. The monoisotopic (exact) mass is 381 g/mol. The molecule has 4 rings (SSSR count).